The van der Waals surface area contributed by atoms with Gasteiger partial charge in [0.25, 0.3) is 0 Å². The van der Waals surface area contributed by atoms with Gasteiger partial charge in [-0.05, 0) is 47.0 Å². The Morgan fingerprint density at radius 3 is 2.53 bits per heavy atom. The van der Waals surface area contributed by atoms with Crippen molar-refractivity contribution in [1.82, 2.24) is 0 Å². The second-order valence-corrected chi connectivity index (χ2v) is 7.45. The number of benzene rings is 3. The van der Waals surface area contributed by atoms with E-state index < -0.39 is 12.1 Å². The van der Waals surface area contributed by atoms with Crippen molar-refractivity contribution in [2.45, 2.75) is 26.6 Å². The molecule has 0 aliphatic heterocycles. The lowest BCUT2D eigenvalue weighted by Gasteiger charge is -2.19. The van der Waals surface area contributed by atoms with E-state index in [0.29, 0.717) is 18.8 Å². The Bertz CT molecular complexity index is 1070. The van der Waals surface area contributed by atoms with Gasteiger partial charge in [-0.3, -0.25) is 0 Å². The molecule has 30 heavy (non-hydrogen) atoms. The van der Waals surface area contributed by atoms with Crippen molar-refractivity contribution in [2.75, 3.05) is 19.8 Å². The first-order chi connectivity index (χ1) is 14.5. The topological polar surface area (TPSA) is 44.8 Å². The van der Waals surface area contributed by atoms with Crippen LogP contribution in [0.5, 0.6) is 0 Å². The molecule has 0 saturated carbocycles. The van der Waals surface area contributed by atoms with Crippen molar-refractivity contribution in [3.05, 3.63) is 84.5 Å². The van der Waals surface area contributed by atoms with Crippen molar-refractivity contribution in [2.24, 2.45) is 0 Å². The number of carbonyl (C=O) groups is 1. The highest BCUT2D eigenvalue weighted by molar-refractivity contribution is 6.02. The van der Waals surface area contributed by atoms with Gasteiger partial charge in [0.05, 0.1) is 26.4 Å². The maximum atomic E-state index is 12.0. The van der Waals surface area contributed by atoms with E-state index in [-0.39, 0.29) is 13.2 Å². The molecule has 0 aromatic heterocycles. The highest BCUT2D eigenvalue weighted by Crippen LogP contribution is 2.30. The van der Waals surface area contributed by atoms with Crippen LogP contribution in [0.1, 0.15) is 18.1 Å². The average molecular weight is 405 g/mol. The minimum absolute atomic E-state index is 0.229. The van der Waals surface area contributed by atoms with Gasteiger partial charge in [0.1, 0.15) is 6.10 Å². The Morgan fingerprint density at radius 1 is 1.03 bits per heavy atom. The van der Waals surface area contributed by atoms with Crippen LogP contribution in [0, 0.1) is 6.92 Å². The monoisotopic (exact) mass is 404 g/mol. The average Bonchev–Trinajstić information content (AvgIpc) is 2.73. The molecule has 4 nitrogen and oxygen atoms in total. The van der Waals surface area contributed by atoms with Gasteiger partial charge >= 0.3 is 5.97 Å². The summed E-state index contributed by atoms with van der Waals surface area (Å²) < 4.78 is 17.0. The van der Waals surface area contributed by atoms with Gasteiger partial charge in [0.15, 0.2) is 0 Å². The van der Waals surface area contributed by atoms with Crippen LogP contribution in [-0.4, -0.2) is 31.9 Å². The van der Waals surface area contributed by atoms with Crippen molar-refractivity contribution in [3.63, 3.8) is 0 Å². The molecule has 3 aromatic carbocycles. The zero-order valence-corrected chi connectivity index (χ0v) is 17.6. The number of rotatable bonds is 10. The predicted molar refractivity (Wildman–Crippen MR) is 122 cm³/mol. The second kappa shape index (κ2) is 10.2. The summed E-state index contributed by atoms with van der Waals surface area (Å²) in [6.45, 7) is 12.2. The van der Waals surface area contributed by atoms with Crippen molar-refractivity contribution in [1.29, 1.82) is 0 Å². The lowest BCUT2D eigenvalue weighted by molar-refractivity contribution is -0.151. The Kier molecular flexibility index (Phi) is 7.39. The molecule has 0 bridgehead atoms. The molecule has 0 radical (unpaired) electrons. The minimum Gasteiger partial charge on any atom is -0.454 e. The fourth-order valence-corrected chi connectivity index (χ4v) is 3.37. The normalized spacial score (nSPS) is 12.1. The number of hydrogen-bond acceptors (Lipinski definition) is 4. The fourth-order valence-electron chi connectivity index (χ4n) is 3.37. The number of aryl methyl sites for hydroxylation is 1. The molecular formula is C26H28O4. The quantitative estimate of drug-likeness (QED) is 0.147. The second-order valence-electron chi connectivity index (χ2n) is 7.45. The predicted octanol–water partition coefficient (Wildman–Crippen LogP) is 5.51. The molecule has 3 aromatic rings. The van der Waals surface area contributed by atoms with Crippen LogP contribution < -0.4 is 0 Å². The van der Waals surface area contributed by atoms with Gasteiger partial charge in [-0.1, -0.05) is 60.7 Å². The lowest BCUT2D eigenvalue weighted by Crippen LogP contribution is -2.29. The van der Waals surface area contributed by atoms with Gasteiger partial charge in [0.2, 0.25) is 0 Å². The molecular weight excluding hydrogens is 376 g/mol. The maximum Gasteiger partial charge on any atom is 0.333 e. The van der Waals surface area contributed by atoms with Crippen LogP contribution in [0.4, 0.5) is 0 Å². The zero-order valence-electron chi connectivity index (χ0n) is 17.6. The number of fused-ring (bicyclic) bond motifs is 2. The van der Waals surface area contributed by atoms with Gasteiger partial charge in [-0.25, -0.2) is 4.79 Å². The van der Waals surface area contributed by atoms with Crippen LogP contribution in [0.2, 0.25) is 0 Å². The van der Waals surface area contributed by atoms with Gasteiger partial charge < -0.3 is 14.2 Å². The standard InChI is InChI=1S/C26H28O4/c1-5-12-28-15-22(30-26(27)18(2)3)16-29-17-25-23-9-7-6-8-20(23)14-21-11-10-19(4)13-24(21)25/h5-11,13-14,22H,1-2,12,15-17H2,3-4H3. The molecule has 0 fully saturated rings. The molecule has 0 aliphatic rings. The van der Waals surface area contributed by atoms with Crippen LogP contribution in [0.15, 0.2) is 73.3 Å². The maximum absolute atomic E-state index is 12.0. The molecule has 0 N–H and O–H groups in total. The highest BCUT2D eigenvalue weighted by Gasteiger charge is 2.17. The van der Waals surface area contributed by atoms with Gasteiger partial charge in [0, 0.05) is 5.57 Å². The summed E-state index contributed by atoms with van der Waals surface area (Å²) >= 11 is 0. The summed E-state index contributed by atoms with van der Waals surface area (Å²) in [5, 5.41) is 4.69. The highest BCUT2D eigenvalue weighted by atomic mass is 16.6. The summed E-state index contributed by atoms with van der Waals surface area (Å²) in [5.41, 5.74) is 2.67. The smallest absolute Gasteiger partial charge is 0.333 e. The third-order valence-electron chi connectivity index (χ3n) is 4.84. The number of hydrogen-bond donors (Lipinski definition) is 0. The molecule has 0 heterocycles. The fraction of sp³-hybridized carbons (Fsp3) is 0.269. The van der Waals surface area contributed by atoms with E-state index in [1.165, 1.54) is 21.7 Å². The summed E-state index contributed by atoms with van der Waals surface area (Å²) in [4.78, 5) is 12.0. The molecule has 1 atom stereocenters. The van der Waals surface area contributed by atoms with Crippen LogP contribution in [-0.2, 0) is 25.6 Å². The largest absolute Gasteiger partial charge is 0.454 e. The van der Waals surface area contributed by atoms with Crippen molar-refractivity contribution >= 4 is 27.5 Å². The van der Waals surface area contributed by atoms with Crippen LogP contribution >= 0.6 is 0 Å². The Morgan fingerprint density at radius 2 is 1.77 bits per heavy atom. The van der Waals surface area contributed by atoms with E-state index in [0.717, 1.165) is 10.9 Å². The SMILES string of the molecule is C=CCOCC(COCc1c2ccccc2cc2ccc(C)cc12)OC(=O)C(=C)C. The van der Waals surface area contributed by atoms with Crippen LogP contribution in [0.25, 0.3) is 21.5 Å². The number of esters is 1. The molecule has 0 spiro atoms. The van der Waals surface area contributed by atoms with Gasteiger partial charge in [-0.15, -0.1) is 6.58 Å². The first-order valence-electron chi connectivity index (χ1n) is 10.0. The Balaban J connectivity index is 1.81. The summed E-state index contributed by atoms with van der Waals surface area (Å²) in [7, 11) is 0. The van der Waals surface area contributed by atoms with E-state index in [1.807, 2.05) is 12.1 Å². The molecule has 0 amide bonds. The third-order valence-corrected chi connectivity index (χ3v) is 4.84. The van der Waals surface area contributed by atoms with E-state index in [1.54, 1.807) is 13.0 Å². The minimum atomic E-state index is -0.517. The van der Waals surface area contributed by atoms with Crippen LogP contribution in [0.3, 0.4) is 0 Å². The van der Waals surface area contributed by atoms with Crippen molar-refractivity contribution < 1.29 is 19.0 Å². The molecule has 0 saturated heterocycles. The van der Waals surface area contributed by atoms with E-state index >= 15 is 0 Å². The van der Waals surface area contributed by atoms with E-state index in [4.69, 9.17) is 14.2 Å². The number of carbonyl (C=O) groups excluding carboxylic acids is 1. The Labute approximate surface area is 177 Å². The van der Waals surface area contributed by atoms with Crippen molar-refractivity contribution in [3.8, 4) is 0 Å². The van der Waals surface area contributed by atoms with E-state index in [9.17, 15) is 4.79 Å². The Hall–Kier alpha value is -2.95. The summed E-state index contributed by atoms with van der Waals surface area (Å²) in [6, 6.07) is 16.9. The first kappa shape index (κ1) is 21.8. The van der Waals surface area contributed by atoms with E-state index in [2.05, 4.69) is 56.5 Å². The molecule has 4 heteroatoms. The molecule has 1 unspecified atom stereocenters. The summed E-state index contributed by atoms with van der Waals surface area (Å²) in [5.74, 6) is -0.447. The number of ether oxygens (including phenoxy) is 3. The molecule has 0 aliphatic carbocycles. The molecule has 3 rings (SSSR count). The first-order valence-corrected chi connectivity index (χ1v) is 10.0. The zero-order chi connectivity index (χ0) is 21.5. The summed E-state index contributed by atoms with van der Waals surface area (Å²) in [6.07, 6.45) is 1.14. The third kappa shape index (κ3) is 5.35. The van der Waals surface area contributed by atoms with Gasteiger partial charge in [-0.2, -0.15) is 0 Å². The lowest BCUT2D eigenvalue weighted by atomic mass is 9.96. The molecule has 156 valence electrons.